The Balaban J connectivity index is 2.06. The van der Waals surface area contributed by atoms with E-state index in [-0.39, 0.29) is 0 Å². The number of hydrogen-bond acceptors (Lipinski definition) is 6. The van der Waals surface area contributed by atoms with E-state index in [1.54, 1.807) is 11.3 Å². The van der Waals surface area contributed by atoms with Crippen molar-refractivity contribution in [3.63, 3.8) is 0 Å². The van der Waals surface area contributed by atoms with E-state index in [1.807, 2.05) is 0 Å². The second kappa shape index (κ2) is 6.01. The molecular weight excluding hydrogens is 300 g/mol. The lowest BCUT2D eigenvalue weighted by molar-refractivity contribution is 0.721. The number of fused-ring (bicyclic) bond motifs is 1. The van der Waals surface area contributed by atoms with Crippen molar-refractivity contribution >= 4 is 45.1 Å². The van der Waals surface area contributed by atoms with Crippen molar-refractivity contribution in [2.45, 2.75) is 38.2 Å². The summed E-state index contributed by atoms with van der Waals surface area (Å²) in [6.45, 7) is 11.8. The number of thiophene rings is 1. The van der Waals surface area contributed by atoms with Gasteiger partial charge in [0.05, 0.1) is 5.39 Å². The van der Waals surface area contributed by atoms with E-state index in [0.717, 1.165) is 36.2 Å². The summed E-state index contributed by atoms with van der Waals surface area (Å²) in [5, 5.41) is 5.74. The van der Waals surface area contributed by atoms with Gasteiger partial charge in [0.1, 0.15) is 10.6 Å². The summed E-state index contributed by atoms with van der Waals surface area (Å²) in [6, 6.07) is 2.22. The van der Waals surface area contributed by atoms with E-state index in [1.165, 1.54) is 10.3 Å². The van der Waals surface area contributed by atoms with Crippen molar-refractivity contribution in [1.29, 1.82) is 0 Å². The van der Waals surface area contributed by atoms with Crippen LogP contribution in [0.25, 0.3) is 10.2 Å². The molecule has 0 aromatic carbocycles. The molecule has 3 rings (SSSR count). The maximum absolute atomic E-state index is 4.80. The molecule has 0 bridgehead atoms. The Morgan fingerprint density at radius 2 is 2.00 bits per heavy atom. The fraction of sp³-hybridized carbons (Fsp3) is 0.600. The molecule has 0 aliphatic carbocycles. The number of nitrogens with one attached hydrogen (secondary N) is 1. The minimum absolute atomic E-state index is 0.640. The van der Waals surface area contributed by atoms with Gasteiger partial charge in [-0.25, -0.2) is 4.98 Å². The quantitative estimate of drug-likeness (QED) is 0.932. The van der Waals surface area contributed by atoms with Gasteiger partial charge < -0.3 is 10.2 Å². The van der Waals surface area contributed by atoms with Crippen LogP contribution in [0.3, 0.4) is 0 Å². The predicted octanol–water partition coefficient (Wildman–Crippen LogP) is 3.76. The SMILES string of the molecule is CCNc1nc(N2CC(C)SC(C)C2)c2cc(C)sc2n1. The number of aromatic nitrogens is 2. The van der Waals surface area contributed by atoms with Gasteiger partial charge in [-0.05, 0) is 19.9 Å². The molecule has 3 heterocycles. The second-order valence-electron chi connectivity index (χ2n) is 5.64. The van der Waals surface area contributed by atoms with Gasteiger partial charge in [-0.3, -0.25) is 0 Å². The molecule has 1 N–H and O–H groups in total. The van der Waals surface area contributed by atoms with Crippen molar-refractivity contribution in [2.75, 3.05) is 29.9 Å². The Bertz CT molecular complexity index is 630. The van der Waals surface area contributed by atoms with Crippen LogP contribution < -0.4 is 10.2 Å². The number of thioether (sulfide) groups is 1. The van der Waals surface area contributed by atoms with Crippen LogP contribution in [0.1, 0.15) is 25.6 Å². The molecule has 2 atom stereocenters. The van der Waals surface area contributed by atoms with Gasteiger partial charge in [0.2, 0.25) is 5.95 Å². The van der Waals surface area contributed by atoms with E-state index in [4.69, 9.17) is 4.98 Å². The minimum Gasteiger partial charge on any atom is -0.354 e. The molecule has 1 aliphatic rings. The summed E-state index contributed by atoms with van der Waals surface area (Å²) >= 11 is 3.82. The Hall–Kier alpha value is -1.01. The van der Waals surface area contributed by atoms with Gasteiger partial charge in [-0.1, -0.05) is 13.8 Å². The molecule has 0 saturated carbocycles. The zero-order valence-electron chi connectivity index (χ0n) is 13.0. The lowest BCUT2D eigenvalue weighted by atomic mass is 10.2. The molecule has 114 valence electrons. The zero-order chi connectivity index (χ0) is 15.0. The van der Waals surface area contributed by atoms with Gasteiger partial charge in [0, 0.05) is 35.0 Å². The van der Waals surface area contributed by atoms with E-state index in [9.17, 15) is 0 Å². The molecule has 2 aromatic heterocycles. The molecule has 4 nitrogen and oxygen atoms in total. The average Bonchev–Trinajstić information content (AvgIpc) is 2.77. The lowest BCUT2D eigenvalue weighted by Crippen LogP contribution is -2.41. The molecular formula is C15H22N4S2. The van der Waals surface area contributed by atoms with Gasteiger partial charge in [0.25, 0.3) is 0 Å². The summed E-state index contributed by atoms with van der Waals surface area (Å²) in [4.78, 5) is 14.3. The highest BCUT2D eigenvalue weighted by Gasteiger charge is 2.25. The molecule has 2 unspecified atom stereocenters. The molecule has 2 aromatic rings. The summed E-state index contributed by atoms with van der Waals surface area (Å²) in [6.07, 6.45) is 0. The van der Waals surface area contributed by atoms with Crippen molar-refractivity contribution in [2.24, 2.45) is 0 Å². The standard InChI is InChI=1S/C15H22N4S2/c1-5-16-15-17-13(12-6-9(2)21-14(12)18-15)19-7-10(3)20-11(4)8-19/h6,10-11H,5,7-8H2,1-4H3,(H,16,17,18). The highest BCUT2D eigenvalue weighted by Crippen LogP contribution is 2.35. The van der Waals surface area contributed by atoms with E-state index in [2.05, 4.69) is 60.7 Å². The van der Waals surface area contributed by atoms with Crippen LogP contribution in [0.4, 0.5) is 11.8 Å². The van der Waals surface area contributed by atoms with Crippen molar-refractivity contribution in [3.8, 4) is 0 Å². The van der Waals surface area contributed by atoms with E-state index >= 15 is 0 Å². The molecule has 1 aliphatic heterocycles. The first-order valence-corrected chi connectivity index (χ1v) is 9.25. The molecule has 1 saturated heterocycles. The summed E-state index contributed by atoms with van der Waals surface area (Å²) in [7, 11) is 0. The van der Waals surface area contributed by atoms with E-state index in [0.29, 0.717) is 10.5 Å². The maximum Gasteiger partial charge on any atom is 0.226 e. The van der Waals surface area contributed by atoms with Crippen LogP contribution >= 0.6 is 23.1 Å². The minimum atomic E-state index is 0.640. The first kappa shape index (κ1) is 14.9. The van der Waals surface area contributed by atoms with Crippen LogP contribution in [0, 0.1) is 6.92 Å². The van der Waals surface area contributed by atoms with Crippen molar-refractivity contribution < 1.29 is 0 Å². The molecule has 0 radical (unpaired) electrons. The second-order valence-corrected chi connectivity index (χ2v) is 8.76. The summed E-state index contributed by atoms with van der Waals surface area (Å²) in [5.41, 5.74) is 0. The number of anilines is 2. The van der Waals surface area contributed by atoms with Crippen LogP contribution in [-0.2, 0) is 0 Å². The predicted molar refractivity (Wildman–Crippen MR) is 95.0 cm³/mol. The van der Waals surface area contributed by atoms with Gasteiger partial charge in [-0.15, -0.1) is 11.3 Å². The van der Waals surface area contributed by atoms with Crippen molar-refractivity contribution in [3.05, 3.63) is 10.9 Å². The Morgan fingerprint density at radius 1 is 1.29 bits per heavy atom. The number of aryl methyl sites for hydroxylation is 1. The number of rotatable bonds is 3. The van der Waals surface area contributed by atoms with Crippen LogP contribution in [0.2, 0.25) is 0 Å². The molecule has 6 heteroatoms. The average molecular weight is 323 g/mol. The van der Waals surface area contributed by atoms with Gasteiger partial charge in [0.15, 0.2) is 0 Å². The van der Waals surface area contributed by atoms with Gasteiger partial charge in [-0.2, -0.15) is 16.7 Å². The Labute approximate surface area is 134 Å². The Morgan fingerprint density at radius 3 is 2.67 bits per heavy atom. The molecule has 1 fully saturated rings. The van der Waals surface area contributed by atoms with Crippen LogP contribution in [0.5, 0.6) is 0 Å². The smallest absolute Gasteiger partial charge is 0.226 e. The molecule has 0 spiro atoms. The van der Waals surface area contributed by atoms with Gasteiger partial charge >= 0.3 is 0 Å². The third-order valence-electron chi connectivity index (χ3n) is 3.55. The first-order chi connectivity index (χ1) is 10.1. The lowest BCUT2D eigenvalue weighted by Gasteiger charge is -2.35. The largest absolute Gasteiger partial charge is 0.354 e. The molecule has 21 heavy (non-hydrogen) atoms. The van der Waals surface area contributed by atoms with Crippen molar-refractivity contribution in [1.82, 2.24) is 9.97 Å². The summed E-state index contributed by atoms with van der Waals surface area (Å²) in [5.74, 6) is 1.85. The number of nitrogens with zero attached hydrogens (tertiary/aromatic N) is 3. The monoisotopic (exact) mass is 322 g/mol. The Kier molecular flexibility index (Phi) is 4.26. The van der Waals surface area contributed by atoms with Crippen LogP contribution in [-0.4, -0.2) is 40.1 Å². The topological polar surface area (TPSA) is 41.1 Å². The van der Waals surface area contributed by atoms with E-state index < -0.39 is 0 Å². The number of hydrogen-bond donors (Lipinski definition) is 1. The highest BCUT2D eigenvalue weighted by atomic mass is 32.2. The third kappa shape index (κ3) is 3.11. The molecule has 0 amide bonds. The van der Waals surface area contributed by atoms with Crippen LogP contribution in [0.15, 0.2) is 6.07 Å². The fourth-order valence-corrected chi connectivity index (χ4v) is 5.06. The zero-order valence-corrected chi connectivity index (χ0v) is 14.6. The highest BCUT2D eigenvalue weighted by molar-refractivity contribution is 8.00. The normalized spacial score (nSPS) is 22.8. The maximum atomic E-state index is 4.80. The third-order valence-corrected chi connectivity index (χ3v) is 5.72. The first-order valence-electron chi connectivity index (χ1n) is 7.49. The fourth-order valence-electron chi connectivity index (χ4n) is 2.86. The summed E-state index contributed by atoms with van der Waals surface area (Å²) < 4.78 is 0.